The molecule has 134 valence electrons. The van der Waals surface area contributed by atoms with Crippen molar-refractivity contribution in [3.05, 3.63) is 69.8 Å². The van der Waals surface area contributed by atoms with Crippen molar-refractivity contribution >= 4 is 29.2 Å². The molecule has 9 heteroatoms. The monoisotopic (exact) mass is 358 g/mol. The Morgan fingerprint density at radius 1 is 1.08 bits per heavy atom. The van der Waals surface area contributed by atoms with Gasteiger partial charge in [0.05, 0.1) is 17.3 Å². The summed E-state index contributed by atoms with van der Waals surface area (Å²) in [5.74, 6) is -4.27. The summed E-state index contributed by atoms with van der Waals surface area (Å²) in [4.78, 5) is 44.2. The van der Waals surface area contributed by atoms with Crippen molar-refractivity contribution in [2.75, 3.05) is 5.32 Å². The van der Waals surface area contributed by atoms with E-state index < -0.39 is 35.1 Å². The zero-order valence-corrected chi connectivity index (χ0v) is 13.3. The van der Waals surface area contributed by atoms with Crippen LogP contribution in [0.2, 0.25) is 0 Å². The number of hydrogen-bond acceptors (Lipinski definition) is 5. The number of nitrogens with one attached hydrogen (secondary N) is 1. The number of carboxylic acids is 2. The predicted octanol–water partition coefficient (Wildman–Crippen LogP) is 2.49. The molecule has 0 heterocycles. The lowest BCUT2D eigenvalue weighted by Gasteiger charge is -2.11. The molecular formula is C17H14N2O7. The first-order valence-corrected chi connectivity index (χ1v) is 7.38. The molecule has 0 aliphatic carbocycles. The van der Waals surface area contributed by atoms with Gasteiger partial charge >= 0.3 is 11.9 Å². The molecule has 3 N–H and O–H groups in total. The summed E-state index contributed by atoms with van der Waals surface area (Å²) in [6.07, 6.45) is -0.561. The highest BCUT2D eigenvalue weighted by Gasteiger charge is 2.23. The number of amides is 1. The van der Waals surface area contributed by atoms with Gasteiger partial charge in [0, 0.05) is 23.4 Å². The second-order valence-corrected chi connectivity index (χ2v) is 5.37. The topological polar surface area (TPSA) is 147 Å². The molecule has 1 unspecified atom stereocenters. The lowest BCUT2D eigenvalue weighted by atomic mass is 9.96. The van der Waals surface area contributed by atoms with E-state index in [-0.39, 0.29) is 16.8 Å². The van der Waals surface area contributed by atoms with Crippen molar-refractivity contribution in [3.8, 4) is 0 Å². The molecule has 26 heavy (non-hydrogen) atoms. The Morgan fingerprint density at radius 2 is 1.73 bits per heavy atom. The molecule has 0 aliphatic heterocycles. The van der Waals surface area contributed by atoms with Crippen molar-refractivity contribution in [1.82, 2.24) is 0 Å². The largest absolute Gasteiger partial charge is 0.481 e. The summed E-state index contributed by atoms with van der Waals surface area (Å²) in [5.41, 5.74) is 0.501. The molecule has 2 aromatic carbocycles. The Balaban J connectivity index is 2.14. The minimum absolute atomic E-state index is 0.0950. The average Bonchev–Trinajstić information content (AvgIpc) is 2.60. The van der Waals surface area contributed by atoms with Crippen LogP contribution in [0.1, 0.15) is 28.3 Å². The van der Waals surface area contributed by atoms with Gasteiger partial charge in [0.2, 0.25) is 0 Å². The number of carbonyl (C=O) groups excluding carboxylic acids is 1. The van der Waals surface area contributed by atoms with Gasteiger partial charge in [-0.15, -0.1) is 0 Å². The second kappa shape index (κ2) is 7.88. The fourth-order valence-electron chi connectivity index (χ4n) is 2.29. The van der Waals surface area contributed by atoms with E-state index in [0.717, 1.165) is 6.07 Å². The number of benzene rings is 2. The summed E-state index contributed by atoms with van der Waals surface area (Å²) >= 11 is 0. The minimum atomic E-state index is -1.26. The molecule has 0 aliphatic rings. The van der Waals surface area contributed by atoms with Crippen LogP contribution in [0.5, 0.6) is 0 Å². The Bertz CT molecular complexity index is 862. The minimum Gasteiger partial charge on any atom is -0.481 e. The van der Waals surface area contributed by atoms with Crippen LogP contribution in [0.4, 0.5) is 11.4 Å². The molecule has 0 bridgehead atoms. The SMILES string of the molecule is O=C(O)CC(C(=O)O)c1ccc(NC(=O)c2cccc([N+](=O)[O-])c2)cc1. The molecule has 0 radical (unpaired) electrons. The van der Waals surface area contributed by atoms with E-state index in [0.29, 0.717) is 5.69 Å². The quantitative estimate of drug-likeness (QED) is 0.509. The molecule has 1 atom stereocenters. The number of carbonyl (C=O) groups is 3. The fourth-order valence-corrected chi connectivity index (χ4v) is 2.29. The summed E-state index contributed by atoms with van der Waals surface area (Å²) in [6, 6.07) is 10.9. The first kappa shape index (κ1) is 18.6. The first-order valence-electron chi connectivity index (χ1n) is 7.38. The number of rotatable bonds is 7. The summed E-state index contributed by atoms with van der Waals surface area (Å²) in [7, 11) is 0. The third-order valence-corrected chi connectivity index (χ3v) is 3.57. The molecule has 1 amide bonds. The Morgan fingerprint density at radius 3 is 2.27 bits per heavy atom. The van der Waals surface area contributed by atoms with Gasteiger partial charge in [-0.3, -0.25) is 24.5 Å². The van der Waals surface area contributed by atoms with Gasteiger partial charge in [0.15, 0.2) is 0 Å². The van der Waals surface area contributed by atoms with Crippen LogP contribution < -0.4 is 5.32 Å². The number of anilines is 1. The van der Waals surface area contributed by atoms with Gasteiger partial charge < -0.3 is 15.5 Å². The molecule has 0 saturated heterocycles. The highest BCUT2D eigenvalue weighted by molar-refractivity contribution is 6.04. The van der Waals surface area contributed by atoms with Crippen LogP contribution in [0, 0.1) is 10.1 Å². The zero-order valence-electron chi connectivity index (χ0n) is 13.3. The standard InChI is InChI=1S/C17H14N2O7/c20-15(21)9-14(17(23)24)10-4-6-12(7-5-10)18-16(22)11-2-1-3-13(8-11)19(25)26/h1-8,14H,9H2,(H,18,22)(H,20,21)(H,23,24). The molecule has 0 saturated carbocycles. The van der Waals surface area contributed by atoms with Gasteiger partial charge in [0.25, 0.3) is 11.6 Å². The van der Waals surface area contributed by atoms with E-state index in [9.17, 15) is 24.5 Å². The van der Waals surface area contributed by atoms with E-state index in [4.69, 9.17) is 10.2 Å². The molecular weight excluding hydrogens is 344 g/mol. The predicted molar refractivity (Wildman–Crippen MR) is 90.1 cm³/mol. The van der Waals surface area contributed by atoms with E-state index in [1.54, 1.807) is 0 Å². The van der Waals surface area contributed by atoms with Crippen molar-refractivity contribution in [2.24, 2.45) is 0 Å². The Kier molecular flexibility index (Phi) is 5.63. The normalized spacial score (nSPS) is 11.4. The molecule has 0 spiro atoms. The number of carboxylic acid groups (broad SMARTS) is 2. The number of nitro groups is 1. The Hall–Kier alpha value is -3.75. The molecule has 0 aromatic heterocycles. The molecule has 0 fully saturated rings. The van der Waals surface area contributed by atoms with E-state index in [1.807, 2.05) is 0 Å². The van der Waals surface area contributed by atoms with Crippen LogP contribution >= 0.6 is 0 Å². The van der Waals surface area contributed by atoms with Gasteiger partial charge in [-0.1, -0.05) is 18.2 Å². The van der Waals surface area contributed by atoms with Gasteiger partial charge in [-0.25, -0.2) is 0 Å². The lowest BCUT2D eigenvalue weighted by molar-refractivity contribution is -0.384. The smallest absolute Gasteiger partial charge is 0.311 e. The van der Waals surface area contributed by atoms with Crippen molar-refractivity contribution < 1.29 is 29.5 Å². The third-order valence-electron chi connectivity index (χ3n) is 3.57. The third kappa shape index (κ3) is 4.63. The maximum atomic E-state index is 12.2. The number of aliphatic carboxylic acids is 2. The number of non-ortho nitro benzene ring substituents is 1. The van der Waals surface area contributed by atoms with Crippen LogP contribution in [-0.2, 0) is 9.59 Å². The summed E-state index contributed by atoms with van der Waals surface area (Å²) in [5, 5.41) is 31.2. The van der Waals surface area contributed by atoms with Crippen LogP contribution in [0.25, 0.3) is 0 Å². The van der Waals surface area contributed by atoms with Crippen LogP contribution in [0.3, 0.4) is 0 Å². The van der Waals surface area contributed by atoms with Crippen molar-refractivity contribution in [2.45, 2.75) is 12.3 Å². The second-order valence-electron chi connectivity index (χ2n) is 5.37. The van der Waals surface area contributed by atoms with Crippen molar-refractivity contribution in [1.29, 1.82) is 0 Å². The highest BCUT2D eigenvalue weighted by atomic mass is 16.6. The van der Waals surface area contributed by atoms with Crippen LogP contribution in [-0.4, -0.2) is 33.0 Å². The van der Waals surface area contributed by atoms with E-state index >= 15 is 0 Å². The van der Waals surface area contributed by atoms with Gasteiger partial charge in [-0.05, 0) is 23.8 Å². The van der Waals surface area contributed by atoms with E-state index in [1.165, 1.54) is 42.5 Å². The van der Waals surface area contributed by atoms with E-state index in [2.05, 4.69) is 5.32 Å². The average molecular weight is 358 g/mol. The highest BCUT2D eigenvalue weighted by Crippen LogP contribution is 2.22. The Labute approximate surface area is 147 Å². The lowest BCUT2D eigenvalue weighted by Crippen LogP contribution is -2.16. The molecule has 9 nitrogen and oxygen atoms in total. The van der Waals surface area contributed by atoms with Gasteiger partial charge in [0.1, 0.15) is 0 Å². The van der Waals surface area contributed by atoms with Gasteiger partial charge in [-0.2, -0.15) is 0 Å². The molecule has 2 aromatic rings. The number of nitrogens with zero attached hydrogens (tertiary/aromatic N) is 1. The molecule has 2 rings (SSSR count). The number of hydrogen-bond donors (Lipinski definition) is 3. The summed E-state index contributed by atoms with van der Waals surface area (Å²) in [6.45, 7) is 0. The number of nitro benzene ring substituents is 1. The zero-order chi connectivity index (χ0) is 19.3. The first-order chi connectivity index (χ1) is 12.3. The maximum Gasteiger partial charge on any atom is 0.311 e. The van der Waals surface area contributed by atoms with Crippen LogP contribution in [0.15, 0.2) is 48.5 Å². The summed E-state index contributed by atoms with van der Waals surface area (Å²) < 4.78 is 0. The maximum absolute atomic E-state index is 12.2. The fraction of sp³-hybridized carbons (Fsp3) is 0.118. The van der Waals surface area contributed by atoms with Crippen molar-refractivity contribution in [3.63, 3.8) is 0 Å².